The molecule has 1 aliphatic rings. The summed E-state index contributed by atoms with van der Waals surface area (Å²) in [4.78, 5) is 14.7. The summed E-state index contributed by atoms with van der Waals surface area (Å²) in [7, 11) is 0. The molecule has 0 saturated carbocycles. The van der Waals surface area contributed by atoms with Crippen LogP contribution in [0.15, 0.2) is 24.3 Å². The fourth-order valence-electron chi connectivity index (χ4n) is 2.14. The van der Waals surface area contributed by atoms with Crippen molar-refractivity contribution in [2.45, 2.75) is 18.6 Å². The normalized spacial score (nSPS) is 19.2. The van der Waals surface area contributed by atoms with Crippen molar-refractivity contribution in [3.63, 3.8) is 0 Å². The number of nitrogens with zero attached hydrogens (tertiary/aromatic N) is 1. The lowest BCUT2D eigenvalue weighted by atomic mass is 10.1. The Bertz CT molecular complexity index is 490. The second-order valence-electron chi connectivity index (χ2n) is 4.60. The lowest BCUT2D eigenvalue weighted by Gasteiger charge is -2.32. The molecule has 1 atom stereocenters. The number of thiocarbonyl (C=S) groups is 1. The summed E-state index contributed by atoms with van der Waals surface area (Å²) in [5.41, 5.74) is 7.03. The van der Waals surface area contributed by atoms with Crippen LogP contribution in [0.2, 0.25) is 0 Å². The van der Waals surface area contributed by atoms with E-state index in [2.05, 4.69) is 6.92 Å². The Morgan fingerprint density at radius 3 is 2.95 bits per heavy atom. The van der Waals surface area contributed by atoms with E-state index >= 15 is 0 Å². The first kappa shape index (κ1) is 14.3. The van der Waals surface area contributed by atoms with Crippen molar-refractivity contribution in [2.75, 3.05) is 18.8 Å². The highest BCUT2D eigenvalue weighted by molar-refractivity contribution is 8.00. The standard InChI is InChI=1S/C14H18N2OS2/c1-2-12-9-16(6-7-19-12)14(17)11-5-3-4-10(8-11)13(15)18/h3-5,8,12H,2,6-7,9H2,1H3,(H2,15,18). The van der Waals surface area contributed by atoms with Crippen LogP contribution in [-0.2, 0) is 0 Å². The van der Waals surface area contributed by atoms with Gasteiger partial charge in [-0.1, -0.05) is 31.3 Å². The van der Waals surface area contributed by atoms with Gasteiger partial charge < -0.3 is 10.6 Å². The number of carbonyl (C=O) groups is 1. The molecule has 1 saturated heterocycles. The number of thioether (sulfide) groups is 1. The lowest BCUT2D eigenvalue weighted by molar-refractivity contribution is 0.0761. The maximum absolute atomic E-state index is 12.5. The summed E-state index contributed by atoms with van der Waals surface area (Å²) in [6.45, 7) is 3.81. The number of rotatable bonds is 3. The second kappa shape index (κ2) is 6.39. The van der Waals surface area contributed by atoms with E-state index < -0.39 is 0 Å². The van der Waals surface area contributed by atoms with Gasteiger partial charge in [0.05, 0.1) is 0 Å². The minimum atomic E-state index is 0.0804. The molecule has 1 amide bonds. The van der Waals surface area contributed by atoms with Crippen LogP contribution in [0.3, 0.4) is 0 Å². The minimum Gasteiger partial charge on any atom is -0.389 e. The quantitative estimate of drug-likeness (QED) is 0.869. The third kappa shape index (κ3) is 3.48. The molecule has 1 aliphatic heterocycles. The van der Waals surface area contributed by atoms with Crippen LogP contribution in [0, 0.1) is 0 Å². The Hall–Kier alpha value is -1.07. The predicted molar refractivity (Wildman–Crippen MR) is 84.8 cm³/mol. The third-order valence-corrected chi connectivity index (χ3v) is 4.88. The van der Waals surface area contributed by atoms with Gasteiger partial charge in [-0.3, -0.25) is 4.79 Å². The number of amides is 1. The van der Waals surface area contributed by atoms with Gasteiger partial charge in [-0.25, -0.2) is 0 Å². The summed E-state index contributed by atoms with van der Waals surface area (Å²) in [6.07, 6.45) is 1.10. The number of nitrogens with two attached hydrogens (primary N) is 1. The minimum absolute atomic E-state index is 0.0804. The van der Waals surface area contributed by atoms with Gasteiger partial charge in [0, 0.05) is 35.2 Å². The van der Waals surface area contributed by atoms with E-state index in [1.165, 1.54) is 0 Å². The van der Waals surface area contributed by atoms with E-state index in [1.807, 2.05) is 34.9 Å². The zero-order valence-corrected chi connectivity index (χ0v) is 12.6. The average molecular weight is 294 g/mol. The first-order valence-electron chi connectivity index (χ1n) is 6.42. The van der Waals surface area contributed by atoms with Crippen molar-refractivity contribution in [3.05, 3.63) is 35.4 Å². The molecule has 1 aromatic carbocycles. The van der Waals surface area contributed by atoms with Crippen LogP contribution in [0.5, 0.6) is 0 Å². The zero-order valence-electron chi connectivity index (χ0n) is 11.0. The molecule has 2 N–H and O–H groups in total. The van der Waals surface area contributed by atoms with Gasteiger partial charge in [0.15, 0.2) is 0 Å². The summed E-state index contributed by atoms with van der Waals surface area (Å²) >= 11 is 6.90. The first-order valence-corrected chi connectivity index (χ1v) is 7.88. The molecule has 1 heterocycles. The highest BCUT2D eigenvalue weighted by Crippen LogP contribution is 2.22. The van der Waals surface area contributed by atoms with Crippen LogP contribution in [0.4, 0.5) is 0 Å². The Morgan fingerprint density at radius 1 is 1.53 bits per heavy atom. The number of carbonyl (C=O) groups excluding carboxylic acids is 1. The van der Waals surface area contributed by atoms with Crippen molar-refractivity contribution in [2.24, 2.45) is 5.73 Å². The SMILES string of the molecule is CCC1CN(C(=O)c2cccc(C(N)=S)c2)CCS1. The van der Waals surface area contributed by atoms with E-state index in [-0.39, 0.29) is 5.91 Å². The number of benzene rings is 1. The van der Waals surface area contributed by atoms with Crippen LogP contribution < -0.4 is 5.73 Å². The van der Waals surface area contributed by atoms with Gasteiger partial charge in [-0.05, 0) is 18.6 Å². The molecular weight excluding hydrogens is 276 g/mol. The first-order chi connectivity index (χ1) is 9.11. The Morgan fingerprint density at radius 2 is 2.26 bits per heavy atom. The molecule has 19 heavy (non-hydrogen) atoms. The van der Waals surface area contributed by atoms with Gasteiger partial charge in [0.25, 0.3) is 5.91 Å². The van der Waals surface area contributed by atoms with Crippen molar-refractivity contribution in [3.8, 4) is 0 Å². The summed E-state index contributed by atoms with van der Waals surface area (Å²) in [5.74, 6) is 1.09. The zero-order chi connectivity index (χ0) is 13.8. The molecule has 0 radical (unpaired) electrons. The van der Waals surface area contributed by atoms with Gasteiger partial charge in [0.2, 0.25) is 0 Å². The molecule has 0 aliphatic carbocycles. The molecule has 0 aromatic heterocycles. The fourth-order valence-corrected chi connectivity index (χ4v) is 3.45. The molecule has 1 unspecified atom stereocenters. The van der Waals surface area contributed by atoms with Crippen molar-refractivity contribution in [1.82, 2.24) is 4.90 Å². The van der Waals surface area contributed by atoms with Gasteiger partial charge in [-0.15, -0.1) is 0 Å². The van der Waals surface area contributed by atoms with E-state index in [4.69, 9.17) is 18.0 Å². The molecule has 1 fully saturated rings. The second-order valence-corrected chi connectivity index (χ2v) is 6.45. The van der Waals surface area contributed by atoms with E-state index in [0.29, 0.717) is 15.8 Å². The van der Waals surface area contributed by atoms with E-state index in [0.717, 1.165) is 30.8 Å². The Balaban J connectivity index is 2.14. The fraction of sp³-hybridized carbons (Fsp3) is 0.429. The van der Waals surface area contributed by atoms with Gasteiger partial charge in [0.1, 0.15) is 4.99 Å². The maximum Gasteiger partial charge on any atom is 0.253 e. The molecule has 102 valence electrons. The highest BCUT2D eigenvalue weighted by atomic mass is 32.2. The van der Waals surface area contributed by atoms with E-state index in [1.54, 1.807) is 6.07 Å². The largest absolute Gasteiger partial charge is 0.389 e. The molecule has 1 aromatic rings. The Labute approximate surface area is 123 Å². The average Bonchev–Trinajstić information content (AvgIpc) is 2.46. The smallest absolute Gasteiger partial charge is 0.253 e. The maximum atomic E-state index is 12.5. The monoisotopic (exact) mass is 294 g/mol. The number of hydrogen-bond donors (Lipinski definition) is 1. The van der Waals surface area contributed by atoms with Crippen LogP contribution in [0.1, 0.15) is 29.3 Å². The van der Waals surface area contributed by atoms with Gasteiger partial charge >= 0.3 is 0 Å². The highest BCUT2D eigenvalue weighted by Gasteiger charge is 2.23. The summed E-state index contributed by atoms with van der Waals surface area (Å²) in [6, 6.07) is 7.28. The van der Waals surface area contributed by atoms with Crippen LogP contribution in [0.25, 0.3) is 0 Å². The lowest BCUT2D eigenvalue weighted by Crippen LogP contribution is -2.41. The van der Waals surface area contributed by atoms with Gasteiger partial charge in [-0.2, -0.15) is 11.8 Å². The van der Waals surface area contributed by atoms with Crippen LogP contribution in [-0.4, -0.2) is 39.9 Å². The molecule has 3 nitrogen and oxygen atoms in total. The molecule has 5 heteroatoms. The van der Waals surface area contributed by atoms with Crippen molar-refractivity contribution < 1.29 is 4.79 Å². The molecule has 2 rings (SSSR count). The topological polar surface area (TPSA) is 46.3 Å². The molecular formula is C14H18N2OS2. The number of hydrogen-bond acceptors (Lipinski definition) is 3. The van der Waals surface area contributed by atoms with Crippen molar-refractivity contribution >= 4 is 34.9 Å². The summed E-state index contributed by atoms with van der Waals surface area (Å²) in [5, 5.41) is 0.552. The van der Waals surface area contributed by atoms with Crippen molar-refractivity contribution in [1.29, 1.82) is 0 Å². The molecule has 0 bridgehead atoms. The predicted octanol–water partition coefficient (Wildman–Crippen LogP) is 2.29. The summed E-state index contributed by atoms with van der Waals surface area (Å²) < 4.78 is 0. The Kier molecular flexibility index (Phi) is 4.82. The van der Waals surface area contributed by atoms with E-state index in [9.17, 15) is 4.79 Å². The molecule has 0 spiro atoms. The van der Waals surface area contributed by atoms with Crippen LogP contribution >= 0.6 is 24.0 Å². The third-order valence-electron chi connectivity index (χ3n) is 3.28.